The zero-order chi connectivity index (χ0) is 14.8. The predicted molar refractivity (Wildman–Crippen MR) is 80.0 cm³/mol. The van der Waals surface area contributed by atoms with Crippen LogP contribution in [-0.4, -0.2) is 11.0 Å². The van der Waals surface area contributed by atoms with Gasteiger partial charge in [0.15, 0.2) is 11.6 Å². The number of rotatable bonds is 5. The monoisotopic (exact) mass is 286 g/mol. The van der Waals surface area contributed by atoms with Crippen molar-refractivity contribution >= 4 is 0 Å². The van der Waals surface area contributed by atoms with Crippen molar-refractivity contribution in [2.75, 3.05) is 0 Å². The fourth-order valence-electron chi connectivity index (χ4n) is 2.16. The van der Waals surface area contributed by atoms with E-state index < -0.39 is 0 Å². The molecule has 1 aromatic carbocycles. The Labute approximate surface area is 124 Å². The second kappa shape index (κ2) is 5.82. The van der Waals surface area contributed by atoms with Crippen molar-refractivity contribution < 1.29 is 9.13 Å². The smallest absolute Gasteiger partial charge is 0.219 e. The van der Waals surface area contributed by atoms with Gasteiger partial charge in [-0.25, -0.2) is 9.37 Å². The van der Waals surface area contributed by atoms with Crippen LogP contribution in [0.15, 0.2) is 30.3 Å². The molecule has 1 aromatic heterocycles. The van der Waals surface area contributed by atoms with Crippen LogP contribution < -0.4 is 10.1 Å². The molecule has 0 aliphatic heterocycles. The first-order valence-electron chi connectivity index (χ1n) is 7.26. The lowest BCUT2D eigenvalue weighted by molar-refractivity contribution is 0.424. The average Bonchev–Trinajstić information content (AvgIpc) is 3.27. The molecule has 0 radical (unpaired) electrons. The number of ether oxygens (including phenoxy) is 1. The van der Waals surface area contributed by atoms with E-state index in [1.807, 2.05) is 13.0 Å². The molecule has 1 N–H and O–H groups in total. The molecule has 2 aromatic rings. The lowest BCUT2D eigenvalue weighted by atomic mass is 10.2. The lowest BCUT2D eigenvalue weighted by Crippen LogP contribution is -2.16. The van der Waals surface area contributed by atoms with E-state index in [0.29, 0.717) is 17.5 Å². The fourth-order valence-corrected chi connectivity index (χ4v) is 2.16. The van der Waals surface area contributed by atoms with Crippen LogP contribution in [0, 0.1) is 19.7 Å². The minimum atomic E-state index is -0.337. The second-order valence-electron chi connectivity index (χ2n) is 5.54. The van der Waals surface area contributed by atoms with Gasteiger partial charge in [0.2, 0.25) is 5.88 Å². The van der Waals surface area contributed by atoms with Gasteiger partial charge in [-0.15, -0.1) is 0 Å². The van der Waals surface area contributed by atoms with E-state index in [1.54, 1.807) is 31.2 Å². The van der Waals surface area contributed by atoms with Crippen molar-refractivity contribution in [2.24, 2.45) is 0 Å². The third-order valence-corrected chi connectivity index (χ3v) is 3.70. The first-order chi connectivity index (χ1) is 10.1. The number of aromatic nitrogens is 1. The summed E-state index contributed by atoms with van der Waals surface area (Å²) >= 11 is 0. The summed E-state index contributed by atoms with van der Waals surface area (Å²) in [6.45, 7) is 4.49. The summed E-state index contributed by atoms with van der Waals surface area (Å²) in [5, 5.41) is 3.46. The molecule has 110 valence electrons. The first kappa shape index (κ1) is 14.0. The molecule has 0 amide bonds. The van der Waals surface area contributed by atoms with Gasteiger partial charge in [0.05, 0.1) is 0 Å². The molecule has 1 fully saturated rings. The Morgan fingerprint density at radius 2 is 2.05 bits per heavy atom. The molecule has 1 aliphatic rings. The minimum Gasteiger partial charge on any atom is -0.436 e. The van der Waals surface area contributed by atoms with E-state index in [0.717, 1.165) is 17.8 Å². The molecular weight excluding hydrogens is 267 g/mol. The molecule has 1 heterocycles. The standard InChI is InChI=1S/C17H19FN2O/c1-11-4-3-5-15(17(11)18)21-16-9-6-13(12(2)20-16)10-19-14-7-8-14/h3-6,9,14,19H,7-8,10H2,1-2H3. The highest BCUT2D eigenvalue weighted by Crippen LogP contribution is 2.26. The van der Waals surface area contributed by atoms with Gasteiger partial charge < -0.3 is 10.1 Å². The Morgan fingerprint density at radius 1 is 1.24 bits per heavy atom. The largest absolute Gasteiger partial charge is 0.436 e. The van der Waals surface area contributed by atoms with E-state index in [-0.39, 0.29) is 11.6 Å². The van der Waals surface area contributed by atoms with E-state index in [4.69, 9.17) is 4.74 Å². The van der Waals surface area contributed by atoms with Crippen molar-refractivity contribution in [3.05, 3.63) is 53.0 Å². The van der Waals surface area contributed by atoms with E-state index in [1.165, 1.54) is 12.8 Å². The molecule has 1 saturated carbocycles. The summed E-state index contributed by atoms with van der Waals surface area (Å²) in [6, 6.07) is 9.55. The number of nitrogens with one attached hydrogen (secondary N) is 1. The van der Waals surface area contributed by atoms with Gasteiger partial charge >= 0.3 is 0 Å². The van der Waals surface area contributed by atoms with Crippen LogP contribution in [0.3, 0.4) is 0 Å². The molecule has 0 atom stereocenters. The van der Waals surface area contributed by atoms with Crippen molar-refractivity contribution in [1.82, 2.24) is 10.3 Å². The van der Waals surface area contributed by atoms with E-state index in [9.17, 15) is 4.39 Å². The number of aryl methyl sites for hydroxylation is 2. The lowest BCUT2D eigenvalue weighted by Gasteiger charge is -2.10. The fraction of sp³-hybridized carbons (Fsp3) is 0.353. The summed E-state index contributed by atoms with van der Waals surface area (Å²) in [5.41, 5.74) is 2.63. The molecule has 4 heteroatoms. The summed E-state index contributed by atoms with van der Waals surface area (Å²) < 4.78 is 19.5. The minimum absolute atomic E-state index is 0.214. The number of halogens is 1. The van der Waals surface area contributed by atoms with Gasteiger partial charge in [-0.1, -0.05) is 18.2 Å². The van der Waals surface area contributed by atoms with Crippen LogP contribution in [0.4, 0.5) is 4.39 Å². The molecule has 0 unspecified atom stereocenters. The number of pyridine rings is 1. The number of nitrogens with zero attached hydrogens (tertiary/aromatic N) is 1. The van der Waals surface area contributed by atoms with Gasteiger partial charge in [0, 0.05) is 24.3 Å². The third kappa shape index (κ3) is 3.39. The highest BCUT2D eigenvalue weighted by molar-refractivity contribution is 5.34. The molecule has 0 spiro atoms. The summed E-state index contributed by atoms with van der Waals surface area (Å²) in [5.74, 6) is 0.300. The quantitative estimate of drug-likeness (QED) is 0.905. The van der Waals surface area contributed by atoms with Crippen LogP contribution >= 0.6 is 0 Å². The van der Waals surface area contributed by atoms with Gasteiger partial charge in [-0.3, -0.25) is 0 Å². The average molecular weight is 286 g/mol. The van der Waals surface area contributed by atoms with Crippen LogP contribution in [0.25, 0.3) is 0 Å². The zero-order valence-electron chi connectivity index (χ0n) is 12.3. The Bertz CT molecular complexity index is 653. The summed E-state index contributed by atoms with van der Waals surface area (Å²) in [6.07, 6.45) is 2.53. The molecule has 21 heavy (non-hydrogen) atoms. The number of hydrogen-bond acceptors (Lipinski definition) is 3. The zero-order valence-corrected chi connectivity index (χ0v) is 12.3. The maximum absolute atomic E-state index is 13.9. The number of benzene rings is 1. The van der Waals surface area contributed by atoms with Crippen molar-refractivity contribution in [3.8, 4) is 11.6 Å². The molecule has 3 nitrogen and oxygen atoms in total. The number of hydrogen-bond donors (Lipinski definition) is 1. The maximum Gasteiger partial charge on any atom is 0.219 e. The second-order valence-corrected chi connectivity index (χ2v) is 5.54. The Balaban J connectivity index is 1.73. The summed E-state index contributed by atoms with van der Waals surface area (Å²) in [7, 11) is 0. The molecular formula is C17H19FN2O. The molecule has 0 saturated heterocycles. The Morgan fingerprint density at radius 3 is 2.76 bits per heavy atom. The normalized spacial score (nSPS) is 14.2. The molecule has 3 rings (SSSR count). The van der Waals surface area contributed by atoms with Gasteiger partial charge in [-0.2, -0.15) is 0 Å². The van der Waals surface area contributed by atoms with Gasteiger partial charge in [0.25, 0.3) is 0 Å². The molecule has 0 bridgehead atoms. The predicted octanol–water partition coefficient (Wildman–Crippen LogP) is 3.88. The van der Waals surface area contributed by atoms with E-state index >= 15 is 0 Å². The van der Waals surface area contributed by atoms with Crippen molar-refractivity contribution in [3.63, 3.8) is 0 Å². The van der Waals surface area contributed by atoms with Crippen molar-refractivity contribution in [2.45, 2.75) is 39.3 Å². The topological polar surface area (TPSA) is 34.1 Å². The Kier molecular flexibility index (Phi) is 3.88. The van der Waals surface area contributed by atoms with Gasteiger partial charge in [0.1, 0.15) is 0 Å². The van der Waals surface area contributed by atoms with Crippen LogP contribution in [-0.2, 0) is 6.54 Å². The SMILES string of the molecule is Cc1cccc(Oc2ccc(CNC3CC3)c(C)n2)c1F. The Hall–Kier alpha value is -1.94. The van der Waals surface area contributed by atoms with Crippen LogP contribution in [0.2, 0.25) is 0 Å². The van der Waals surface area contributed by atoms with Crippen LogP contribution in [0.5, 0.6) is 11.6 Å². The van der Waals surface area contributed by atoms with Gasteiger partial charge in [-0.05, 0) is 43.9 Å². The highest BCUT2D eigenvalue weighted by atomic mass is 19.1. The van der Waals surface area contributed by atoms with E-state index in [2.05, 4.69) is 10.3 Å². The molecule has 1 aliphatic carbocycles. The van der Waals surface area contributed by atoms with Crippen molar-refractivity contribution in [1.29, 1.82) is 0 Å². The highest BCUT2D eigenvalue weighted by Gasteiger charge is 2.20. The first-order valence-corrected chi connectivity index (χ1v) is 7.26. The maximum atomic E-state index is 13.9. The van der Waals surface area contributed by atoms with Crippen LogP contribution in [0.1, 0.15) is 29.7 Å². The third-order valence-electron chi connectivity index (χ3n) is 3.70. The summed E-state index contributed by atoms with van der Waals surface area (Å²) in [4.78, 5) is 4.41.